The molecule has 49 heavy (non-hydrogen) atoms. The maximum Gasteiger partial charge on any atom is 0.0319 e. The van der Waals surface area contributed by atoms with Crippen molar-refractivity contribution in [3.63, 3.8) is 0 Å². The van der Waals surface area contributed by atoms with Crippen LogP contribution >= 0.6 is 0 Å². The van der Waals surface area contributed by atoms with Crippen LogP contribution in [-0.4, -0.2) is 97.7 Å². The average Bonchev–Trinajstić information content (AvgIpc) is 3.20. The van der Waals surface area contributed by atoms with Gasteiger partial charge in [0.1, 0.15) is 0 Å². The summed E-state index contributed by atoms with van der Waals surface area (Å²) in [6.07, 6.45) is 49.5. The molecule has 1 fully saturated rings. The first kappa shape index (κ1) is 66.9. The van der Waals surface area contributed by atoms with Crippen LogP contribution in [0.1, 0.15) is 212 Å². The molecule has 0 aliphatic heterocycles. The summed E-state index contributed by atoms with van der Waals surface area (Å²) in [4.78, 5) is 0. The highest BCUT2D eigenvalue weighted by Gasteiger charge is 1.98. The SMILES string of the molecule is C1CCCCCCCCCCCCCCCCCCCCCCCCCCCCCCCC1.CO.CO.CO.CO.CO.CO.CO.CO. The Labute approximate surface area is 309 Å². The van der Waals surface area contributed by atoms with Gasteiger partial charge in [-0.15, -0.1) is 0 Å². The molecule has 0 aromatic heterocycles. The Bertz CT molecular complexity index is 198. The van der Waals surface area contributed by atoms with Crippen LogP contribution in [0.15, 0.2) is 0 Å². The minimum absolute atomic E-state index is 1.00. The van der Waals surface area contributed by atoms with Gasteiger partial charge in [-0.3, -0.25) is 0 Å². The first-order valence-corrected chi connectivity index (χ1v) is 20.1. The van der Waals surface area contributed by atoms with Crippen molar-refractivity contribution in [2.24, 2.45) is 0 Å². The number of rotatable bonds is 0. The molecule has 310 valence electrons. The minimum Gasteiger partial charge on any atom is -0.400 e. The Hall–Kier alpha value is -0.320. The van der Waals surface area contributed by atoms with Crippen molar-refractivity contribution in [3.05, 3.63) is 0 Å². The second-order valence-electron chi connectivity index (χ2n) is 11.7. The molecule has 1 rings (SSSR count). The van der Waals surface area contributed by atoms with E-state index in [9.17, 15) is 0 Å². The van der Waals surface area contributed by atoms with Crippen LogP contribution in [0.4, 0.5) is 0 Å². The van der Waals surface area contributed by atoms with Gasteiger partial charge in [-0.25, -0.2) is 0 Å². The highest BCUT2D eigenvalue weighted by atomic mass is 16.2. The maximum atomic E-state index is 7.00. The highest BCUT2D eigenvalue weighted by molar-refractivity contribution is 4.53. The fourth-order valence-corrected chi connectivity index (χ4v) is 5.83. The third kappa shape index (κ3) is 93.2. The van der Waals surface area contributed by atoms with E-state index in [4.69, 9.17) is 40.9 Å². The van der Waals surface area contributed by atoms with Gasteiger partial charge < -0.3 is 40.9 Å². The second-order valence-corrected chi connectivity index (χ2v) is 11.7. The van der Waals surface area contributed by atoms with Gasteiger partial charge >= 0.3 is 0 Å². The largest absolute Gasteiger partial charge is 0.400 e. The van der Waals surface area contributed by atoms with Crippen molar-refractivity contribution >= 4 is 0 Å². The molecule has 0 spiro atoms. The van der Waals surface area contributed by atoms with Crippen LogP contribution in [0, 0.1) is 0 Å². The Kier molecular flexibility index (Phi) is 133. The summed E-state index contributed by atoms with van der Waals surface area (Å²) in [6, 6.07) is 0. The topological polar surface area (TPSA) is 162 Å². The van der Waals surface area contributed by atoms with Gasteiger partial charge in [0.25, 0.3) is 0 Å². The molecule has 0 amide bonds. The van der Waals surface area contributed by atoms with E-state index < -0.39 is 0 Å². The van der Waals surface area contributed by atoms with Crippen molar-refractivity contribution in [1.82, 2.24) is 0 Å². The predicted octanol–water partition coefficient (Wildman–Crippen LogP) is 9.74. The fraction of sp³-hybridized carbons (Fsp3) is 1.00. The van der Waals surface area contributed by atoms with Crippen LogP contribution in [0.25, 0.3) is 0 Å². The van der Waals surface area contributed by atoms with Crippen LogP contribution in [0.5, 0.6) is 0 Å². The second kappa shape index (κ2) is 97.3. The molecular weight excluding hydrogens is 620 g/mol. The summed E-state index contributed by atoms with van der Waals surface area (Å²) in [6.45, 7) is 0. The first-order chi connectivity index (χ1) is 24.5. The molecule has 1 aliphatic carbocycles. The molecule has 0 heterocycles. The summed E-state index contributed by atoms with van der Waals surface area (Å²) >= 11 is 0. The minimum atomic E-state index is 1.00. The lowest BCUT2D eigenvalue weighted by Gasteiger charge is -2.04. The normalized spacial score (nSPS) is 17.1. The molecule has 0 saturated heterocycles. The molecule has 0 radical (unpaired) electrons. The van der Waals surface area contributed by atoms with Crippen LogP contribution in [0.2, 0.25) is 0 Å². The monoisotopic (exact) mass is 719 g/mol. The molecule has 0 aromatic carbocycles. The molecule has 8 heteroatoms. The first-order valence-electron chi connectivity index (χ1n) is 20.1. The van der Waals surface area contributed by atoms with E-state index in [2.05, 4.69) is 0 Å². The number of hydrogen-bond acceptors (Lipinski definition) is 8. The molecule has 0 atom stereocenters. The average molecular weight is 719 g/mol. The van der Waals surface area contributed by atoms with Gasteiger partial charge in [0, 0.05) is 56.9 Å². The quantitative estimate of drug-likeness (QED) is 0.123. The summed E-state index contributed by atoms with van der Waals surface area (Å²) in [7, 11) is 8.00. The van der Waals surface area contributed by atoms with Gasteiger partial charge in [0.05, 0.1) is 0 Å². The summed E-state index contributed by atoms with van der Waals surface area (Å²) in [5.41, 5.74) is 0. The zero-order chi connectivity index (χ0) is 39.3. The van der Waals surface area contributed by atoms with E-state index in [-0.39, 0.29) is 0 Å². The number of hydrogen-bond donors (Lipinski definition) is 8. The van der Waals surface area contributed by atoms with Gasteiger partial charge in [0.15, 0.2) is 0 Å². The molecule has 8 N–H and O–H groups in total. The van der Waals surface area contributed by atoms with E-state index in [0.29, 0.717) is 0 Å². The maximum absolute atomic E-state index is 7.00. The molecule has 1 saturated carbocycles. The molecule has 1 aliphatic rings. The molecular formula is C41H98O8. The summed E-state index contributed by atoms with van der Waals surface area (Å²) < 4.78 is 0. The van der Waals surface area contributed by atoms with Gasteiger partial charge in [-0.2, -0.15) is 0 Å². The predicted molar refractivity (Wildman–Crippen MR) is 218 cm³/mol. The zero-order valence-corrected chi connectivity index (χ0v) is 34.9. The van der Waals surface area contributed by atoms with Crippen LogP contribution in [-0.2, 0) is 0 Å². The van der Waals surface area contributed by atoms with E-state index in [1.54, 1.807) is 0 Å². The Balaban J connectivity index is -0.000000153. The Morgan fingerprint density at radius 1 is 0.102 bits per heavy atom. The fourth-order valence-electron chi connectivity index (χ4n) is 5.83. The van der Waals surface area contributed by atoms with Crippen molar-refractivity contribution in [3.8, 4) is 0 Å². The third-order valence-corrected chi connectivity index (χ3v) is 8.25. The van der Waals surface area contributed by atoms with Crippen molar-refractivity contribution in [2.45, 2.75) is 212 Å². The summed E-state index contributed by atoms with van der Waals surface area (Å²) in [5.74, 6) is 0. The zero-order valence-electron chi connectivity index (χ0n) is 34.9. The lowest BCUT2D eigenvalue weighted by Crippen LogP contribution is -1.85. The molecule has 0 aromatic rings. The Morgan fingerprint density at radius 2 is 0.122 bits per heavy atom. The standard InChI is InChI=1S/C33H66.8CH4O/c1-2-4-6-8-10-12-14-16-18-20-22-24-26-28-30-32-33-31-29-27-25-23-21-19-17-15-13-11-9-7-5-3-1;8*1-2/h1-33H2;8*2H,1H3. The number of aliphatic hydroxyl groups excluding tert-OH is 8. The van der Waals surface area contributed by atoms with Crippen LogP contribution < -0.4 is 0 Å². The van der Waals surface area contributed by atoms with E-state index in [1.165, 1.54) is 212 Å². The smallest absolute Gasteiger partial charge is 0.0319 e. The molecule has 8 nitrogen and oxygen atoms in total. The summed E-state index contributed by atoms with van der Waals surface area (Å²) in [5, 5.41) is 56.0. The highest BCUT2D eigenvalue weighted by Crippen LogP contribution is 2.17. The Morgan fingerprint density at radius 3 is 0.143 bits per heavy atom. The van der Waals surface area contributed by atoms with Gasteiger partial charge in [-0.05, 0) is 0 Å². The van der Waals surface area contributed by atoms with Crippen molar-refractivity contribution in [2.75, 3.05) is 56.9 Å². The lowest BCUT2D eigenvalue weighted by molar-refractivity contribution is 0.399. The molecule has 0 bridgehead atoms. The number of aliphatic hydroxyl groups is 8. The van der Waals surface area contributed by atoms with Gasteiger partial charge in [0.2, 0.25) is 0 Å². The van der Waals surface area contributed by atoms with E-state index >= 15 is 0 Å². The third-order valence-electron chi connectivity index (χ3n) is 8.25. The van der Waals surface area contributed by atoms with Gasteiger partial charge in [-0.1, -0.05) is 212 Å². The molecule has 0 unspecified atom stereocenters. The van der Waals surface area contributed by atoms with Crippen molar-refractivity contribution < 1.29 is 40.9 Å². The van der Waals surface area contributed by atoms with E-state index in [1.807, 2.05) is 0 Å². The van der Waals surface area contributed by atoms with Crippen molar-refractivity contribution in [1.29, 1.82) is 0 Å². The van der Waals surface area contributed by atoms with E-state index in [0.717, 1.165) is 56.9 Å². The van der Waals surface area contributed by atoms with Crippen LogP contribution in [0.3, 0.4) is 0 Å². The lowest BCUT2D eigenvalue weighted by atomic mass is 10.0.